The number of aromatic nitrogens is 3. The molecule has 0 bridgehead atoms. The van der Waals surface area contributed by atoms with E-state index in [1.54, 1.807) is 0 Å². The first kappa shape index (κ1) is 16.3. The number of rotatable bonds is 4. The van der Waals surface area contributed by atoms with Gasteiger partial charge in [0.2, 0.25) is 17.8 Å². The Balaban J connectivity index is 1.93. The monoisotopic (exact) mass is 318 g/mol. The number of hydrogen-bond acceptors (Lipinski definition) is 6. The Morgan fingerprint density at radius 2 is 1.22 bits per heavy atom. The van der Waals surface area contributed by atoms with Gasteiger partial charge in [-0.1, -0.05) is 38.5 Å². The molecular weight excluding hydrogens is 288 g/mol. The van der Waals surface area contributed by atoms with Crippen LogP contribution in [0.25, 0.3) is 0 Å². The first-order valence-electron chi connectivity index (χ1n) is 9.12. The van der Waals surface area contributed by atoms with Crippen molar-refractivity contribution >= 4 is 17.8 Å². The molecule has 0 spiro atoms. The molecule has 6 heteroatoms. The van der Waals surface area contributed by atoms with E-state index in [0.29, 0.717) is 24.0 Å². The van der Waals surface area contributed by atoms with Crippen molar-refractivity contribution in [1.82, 2.24) is 15.0 Å². The summed E-state index contributed by atoms with van der Waals surface area (Å²) in [6.45, 7) is 0. The van der Waals surface area contributed by atoms with Gasteiger partial charge in [-0.15, -0.1) is 0 Å². The molecule has 1 heterocycles. The highest BCUT2D eigenvalue weighted by Gasteiger charge is 2.31. The van der Waals surface area contributed by atoms with Crippen molar-refractivity contribution < 1.29 is 0 Å². The van der Waals surface area contributed by atoms with Crippen LogP contribution in [0, 0.1) is 0 Å². The highest BCUT2D eigenvalue weighted by atomic mass is 15.4. The minimum atomic E-state index is 0.329. The standard InChI is InChI=1S/C17H30N6/c1-22(2)16-19-15(18)20-17(21-16)23(13-9-5-3-6-10-13)14-11-7-4-8-12-14/h13-14H,3-12H2,1-2H3,(H2,18,19,20,21). The molecule has 0 radical (unpaired) electrons. The van der Waals surface area contributed by atoms with Gasteiger partial charge in [-0.2, -0.15) is 15.0 Å². The highest BCUT2D eigenvalue weighted by Crippen LogP contribution is 2.33. The third-order valence-electron chi connectivity index (χ3n) is 5.20. The van der Waals surface area contributed by atoms with Crippen molar-refractivity contribution in [3.63, 3.8) is 0 Å². The van der Waals surface area contributed by atoms with Gasteiger partial charge in [0.1, 0.15) is 0 Å². The summed E-state index contributed by atoms with van der Waals surface area (Å²) in [5.74, 6) is 1.78. The summed E-state index contributed by atoms with van der Waals surface area (Å²) in [6, 6.07) is 1.12. The summed E-state index contributed by atoms with van der Waals surface area (Å²) in [4.78, 5) is 17.9. The lowest BCUT2D eigenvalue weighted by atomic mass is 9.89. The van der Waals surface area contributed by atoms with Crippen molar-refractivity contribution in [2.24, 2.45) is 0 Å². The topological polar surface area (TPSA) is 71.2 Å². The van der Waals surface area contributed by atoms with E-state index in [4.69, 9.17) is 10.7 Å². The van der Waals surface area contributed by atoms with E-state index >= 15 is 0 Å². The van der Waals surface area contributed by atoms with E-state index < -0.39 is 0 Å². The van der Waals surface area contributed by atoms with Crippen LogP contribution in [-0.4, -0.2) is 41.1 Å². The van der Waals surface area contributed by atoms with E-state index in [9.17, 15) is 0 Å². The van der Waals surface area contributed by atoms with Gasteiger partial charge < -0.3 is 15.5 Å². The molecule has 1 aromatic rings. The Labute approximate surface area is 139 Å². The third-order valence-corrected chi connectivity index (χ3v) is 5.20. The van der Waals surface area contributed by atoms with Crippen molar-refractivity contribution in [2.45, 2.75) is 76.3 Å². The minimum Gasteiger partial charge on any atom is -0.368 e. The summed E-state index contributed by atoms with van der Waals surface area (Å²) < 4.78 is 0. The molecule has 2 fully saturated rings. The number of nitrogens with zero attached hydrogens (tertiary/aromatic N) is 5. The predicted octanol–water partition coefficient (Wildman–Crippen LogP) is 2.99. The lowest BCUT2D eigenvalue weighted by molar-refractivity contribution is 0.335. The van der Waals surface area contributed by atoms with E-state index in [2.05, 4.69) is 14.9 Å². The Morgan fingerprint density at radius 1 is 0.739 bits per heavy atom. The molecule has 0 unspecified atom stereocenters. The van der Waals surface area contributed by atoms with Gasteiger partial charge in [-0.25, -0.2) is 0 Å². The molecule has 2 saturated carbocycles. The fraction of sp³-hybridized carbons (Fsp3) is 0.824. The van der Waals surface area contributed by atoms with Crippen molar-refractivity contribution in [2.75, 3.05) is 29.6 Å². The molecule has 128 valence electrons. The van der Waals surface area contributed by atoms with E-state index in [-0.39, 0.29) is 0 Å². The number of anilines is 3. The third kappa shape index (κ3) is 3.85. The average molecular weight is 318 g/mol. The molecule has 0 atom stereocenters. The molecule has 0 amide bonds. The smallest absolute Gasteiger partial charge is 0.232 e. The fourth-order valence-corrected chi connectivity index (χ4v) is 4.03. The van der Waals surface area contributed by atoms with Crippen molar-refractivity contribution in [3.05, 3.63) is 0 Å². The van der Waals surface area contributed by atoms with E-state index in [1.165, 1.54) is 64.2 Å². The molecule has 3 rings (SSSR count). The molecule has 0 aromatic carbocycles. The SMILES string of the molecule is CN(C)c1nc(N)nc(N(C2CCCCC2)C2CCCCC2)n1. The first-order valence-corrected chi connectivity index (χ1v) is 9.12. The molecular formula is C17H30N6. The zero-order valence-electron chi connectivity index (χ0n) is 14.5. The largest absolute Gasteiger partial charge is 0.368 e. The molecule has 2 aliphatic rings. The van der Waals surface area contributed by atoms with Crippen molar-refractivity contribution in [1.29, 1.82) is 0 Å². The van der Waals surface area contributed by atoms with Gasteiger partial charge in [0, 0.05) is 26.2 Å². The average Bonchev–Trinajstić information content (AvgIpc) is 2.56. The van der Waals surface area contributed by atoms with Crippen LogP contribution < -0.4 is 15.5 Å². The summed E-state index contributed by atoms with van der Waals surface area (Å²) >= 11 is 0. The molecule has 23 heavy (non-hydrogen) atoms. The van der Waals surface area contributed by atoms with Gasteiger partial charge in [0.15, 0.2) is 0 Å². The normalized spacial score (nSPS) is 20.4. The summed E-state index contributed by atoms with van der Waals surface area (Å²) in [7, 11) is 3.90. The summed E-state index contributed by atoms with van der Waals surface area (Å²) in [5.41, 5.74) is 5.98. The van der Waals surface area contributed by atoms with E-state index in [0.717, 1.165) is 5.95 Å². The summed E-state index contributed by atoms with van der Waals surface area (Å²) in [5, 5.41) is 0. The molecule has 1 aromatic heterocycles. The molecule has 0 saturated heterocycles. The molecule has 6 nitrogen and oxygen atoms in total. The van der Waals surface area contributed by atoms with Crippen LogP contribution in [0.2, 0.25) is 0 Å². The molecule has 2 N–H and O–H groups in total. The van der Waals surface area contributed by atoms with Crippen LogP contribution in [0.3, 0.4) is 0 Å². The van der Waals surface area contributed by atoms with Gasteiger partial charge >= 0.3 is 0 Å². The zero-order valence-corrected chi connectivity index (χ0v) is 14.5. The fourth-order valence-electron chi connectivity index (χ4n) is 4.03. The predicted molar refractivity (Wildman–Crippen MR) is 94.8 cm³/mol. The quantitative estimate of drug-likeness (QED) is 0.920. The highest BCUT2D eigenvalue weighted by molar-refractivity contribution is 5.44. The lowest BCUT2D eigenvalue weighted by Gasteiger charge is -2.41. The maximum Gasteiger partial charge on any atom is 0.232 e. The Hall–Kier alpha value is -1.59. The summed E-state index contributed by atoms with van der Waals surface area (Å²) in [6.07, 6.45) is 13.0. The minimum absolute atomic E-state index is 0.329. The maximum atomic E-state index is 5.98. The van der Waals surface area contributed by atoms with Crippen LogP contribution in [0.4, 0.5) is 17.8 Å². The van der Waals surface area contributed by atoms with Crippen LogP contribution >= 0.6 is 0 Å². The Bertz CT molecular complexity index is 488. The molecule has 2 aliphatic carbocycles. The van der Waals surface area contributed by atoms with Gasteiger partial charge in [0.25, 0.3) is 0 Å². The zero-order chi connectivity index (χ0) is 16.2. The van der Waals surface area contributed by atoms with Crippen LogP contribution in [-0.2, 0) is 0 Å². The second kappa shape index (κ2) is 7.32. The van der Waals surface area contributed by atoms with Gasteiger partial charge in [-0.3, -0.25) is 0 Å². The number of nitrogen functional groups attached to an aromatic ring is 1. The van der Waals surface area contributed by atoms with Crippen LogP contribution in [0.1, 0.15) is 64.2 Å². The van der Waals surface area contributed by atoms with Crippen LogP contribution in [0.5, 0.6) is 0 Å². The number of nitrogens with two attached hydrogens (primary N) is 1. The van der Waals surface area contributed by atoms with E-state index in [1.807, 2.05) is 19.0 Å². The lowest BCUT2D eigenvalue weighted by Crippen LogP contribution is -2.46. The second-order valence-electron chi connectivity index (χ2n) is 7.18. The maximum absolute atomic E-state index is 5.98. The molecule has 0 aliphatic heterocycles. The Kier molecular flexibility index (Phi) is 5.18. The first-order chi connectivity index (χ1) is 11.1. The second-order valence-corrected chi connectivity index (χ2v) is 7.18. The number of hydrogen-bond donors (Lipinski definition) is 1. The Morgan fingerprint density at radius 3 is 1.70 bits per heavy atom. The van der Waals surface area contributed by atoms with Gasteiger partial charge in [0.05, 0.1) is 0 Å². The van der Waals surface area contributed by atoms with Crippen molar-refractivity contribution in [3.8, 4) is 0 Å². The van der Waals surface area contributed by atoms with Crippen LogP contribution in [0.15, 0.2) is 0 Å². The van der Waals surface area contributed by atoms with Gasteiger partial charge in [-0.05, 0) is 25.7 Å².